The number of methoxy groups -OCH3 is 1. The Morgan fingerprint density at radius 2 is 1.93 bits per heavy atom. The van der Waals surface area contributed by atoms with Crippen LogP contribution in [0.25, 0.3) is 0 Å². The maximum atomic E-state index is 13.5. The van der Waals surface area contributed by atoms with Crippen molar-refractivity contribution in [2.24, 2.45) is 5.92 Å². The molecule has 1 heterocycles. The van der Waals surface area contributed by atoms with Crippen LogP contribution in [0.1, 0.15) is 12.0 Å². The number of benzene rings is 2. The highest BCUT2D eigenvalue weighted by Crippen LogP contribution is 2.29. The van der Waals surface area contributed by atoms with Gasteiger partial charge in [0.1, 0.15) is 23.3 Å². The van der Waals surface area contributed by atoms with E-state index in [1.165, 1.54) is 16.9 Å². The number of nitrogens with zero attached hydrogens (tertiary/aromatic N) is 2. The van der Waals surface area contributed by atoms with Crippen LogP contribution >= 0.6 is 11.6 Å². The predicted molar refractivity (Wildman–Crippen MR) is 101 cm³/mol. The number of anilines is 1. The molecule has 1 unspecified atom stereocenters. The molecule has 5 nitrogen and oxygen atoms in total. The highest BCUT2D eigenvalue weighted by molar-refractivity contribution is 6.30. The normalized spacial score (nSPS) is 16.4. The topological polar surface area (TPSA) is 49.9 Å². The van der Waals surface area contributed by atoms with Crippen molar-refractivity contribution in [3.05, 3.63) is 58.6 Å². The average Bonchev–Trinajstić information content (AvgIpc) is 3.02. The van der Waals surface area contributed by atoms with Crippen molar-refractivity contribution in [1.29, 1.82) is 0 Å². The van der Waals surface area contributed by atoms with Crippen LogP contribution in [-0.4, -0.2) is 37.4 Å². The van der Waals surface area contributed by atoms with Crippen LogP contribution < -0.4 is 9.64 Å². The van der Waals surface area contributed by atoms with Crippen molar-refractivity contribution >= 4 is 29.1 Å². The maximum Gasteiger partial charge on any atom is 0.239 e. The minimum atomic E-state index is -0.901. The summed E-state index contributed by atoms with van der Waals surface area (Å²) in [6, 6.07) is 7.98. The third-order valence-corrected chi connectivity index (χ3v) is 4.92. The van der Waals surface area contributed by atoms with Crippen molar-refractivity contribution in [3.8, 4) is 5.75 Å². The molecule has 0 radical (unpaired) electrons. The number of rotatable bonds is 5. The van der Waals surface area contributed by atoms with Crippen LogP contribution in [0, 0.1) is 17.6 Å². The van der Waals surface area contributed by atoms with Crippen LogP contribution in [-0.2, 0) is 16.1 Å². The van der Waals surface area contributed by atoms with E-state index in [1.54, 1.807) is 25.2 Å². The molecular formula is C20H19ClF2N2O3. The van der Waals surface area contributed by atoms with Crippen molar-refractivity contribution in [2.45, 2.75) is 13.0 Å². The number of hydrogen-bond donors (Lipinski definition) is 0. The quantitative estimate of drug-likeness (QED) is 0.710. The largest absolute Gasteiger partial charge is 0.496 e. The van der Waals surface area contributed by atoms with Gasteiger partial charge in [0.15, 0.2) is 0 Å². The van der Waals surface area contributed by atoms with Gasteiger partial charge in [-0.3, -0.25) is 9.59 Å². The van der Waals surface area contributed by atoms with E-state index in [0.29, 0.717) is 16.3 Å². The Morgan fingerprint density at radius 3 is 2.57 bits per heavy atom. The molecule has 2 amide bonds. The minimum absolute atomic E-state index is 0.108. The number of carbonyl (C=O) groups is 2. The SMILES string of the molecule is COc1ccc(Cl)cc1CN(C)C(=O)C1CCN(c2cc(F)cc(F)c2)C1=O. The Kier molecular flexibility index (Phi) is 5.84. The molecule has 0 spiro atoms. The summed E-state index contributed by atoms with van der Waals surface area (Å²) in [6.45, 7) is 0.424. The summed E-state index contributed by atoms with van der Waals surface area (Å²) in [5, 5.41) is 0.507. The van der Waals surface area contributed by atoms with Gasteiger partial charge in [-0.05, 0) is 36.8 Å². The minimum Gasteiger partial charge on any atom is -0.496 e. The van der Waals surface area contributed by atoms with E-state index in [9.17, 15) is 18.4 Å². The molecule has 8 heteroatoms. The summed E-state index contributed by atoms with van der Waals surface area (Å²) < 4.78 is 32.2. The maximum absolute atomic E-state index is 13.5. The zero-order valence-corrected chi connectivity index (χ0v) is 16.2. The monoisotopic (exact) mass is 408 g/mol. The fourth-order valence-electron chi connectivity index (χ4n) is 3.33. The summed E-state index contributed by atoms with van der Waals surface area (Å²) in [5.41, 5.74) is 0.817. The summed E-state index contributed by atoms with van der Waals surface area (Å²) in [6.07, 6.45) is 0.271. The highest BCUT2D eigenvalue weighted by atomic mass is 35.5. The zero-order valence-electron chi connectivity index (χ0n) is 15.4. The molecule has 148 valence electrons. The average molecular weight is 409 g/mol. The van der Waals surface area contributed by atoms with Gasteiger partial charge >= 0.3 is 0 Å². The summed E-state index contributed by atoms with van der Waals surface area (Å²) in [7, 11) is 3.10. The van der Waals surface area contributed by atoms with Crippen molar-refractivity contribution in [2.75, 3.05) is 25.6 Å². The zero-order chi connectivity index (χ0) is 20.4. The highest BCUT2D eigenvalue weighted by Gasteiger charge is 2.39. The van der Waals surface area contributed by atoms with Gasteiger partial charge in [-0.25, -0.2) is 8.78 Å². The van der Waals surface area contributed by atoms with E-state index < -0.39 is 23.5 Å². The van der Waals surface area contributed by atoms with Crippen LogP contribution in [0.5, 0.6) is 5.75 Å². The van der Waals surface area contributed by atoms with E-state index in [2.05, 4.69) is 0 Å². The van der Waals surface area contributed by atoms with Gasteiger partial charge in [0.05, 0.1) is 7.11 Å². The lowest BCUT2D eigenvalue weighted by Gasteiger charge is -2.22. The lowest BCUT2D eigenvalue weighted by Crippen LogP contribution is -2.37. The van der Waals surface area contributed by atoms with Crippen LogP contribution in [0.15, 0.2) is 36.4 Å². The molecule has 1 aliphatic rings. The molecular weight excluding hydrogens is 390 g/mol. The van der Waals surface area contributed by atoms with Gasteiger partial charge < -0.3 is 14.5 Å². The molecule has 1 saturated heterocycles. The Hall–Kier alpha value is -2.67. The van der Waals surface area contributed by atoms with Gasteiger partial charge in [0.2, 0.25) is 11.8 Å². The number of ether oxygens (including phenoxy) is 1. The number of hydrogen-bond acceptors (Lipinski definition) is 3. The lowest BCUT2D eigenvalue weighted by molar-refractivity contribution is -0.139. The molecule has 0 bridgehead atoms. The molecule has 1 atom stereocenters. The molecule has 1 aliphatic heterocycles. The Balaban J connectivity index is 1.74. The molecule has 2 aromatic rings. The Labute approximate surface area is 166 Å². The molecule has 1 fully saturated rings. The summed E-state index contributed by atoms with van der Waals surface area (Å²) in [4.78, 5) is 28.2. The molecule has 0 aliphatic carbocycles. The van der Waals surface area contributed by atoms with Gasteiger partial charge in [-0.2, -0.15) is 0 Å². The third-order valence-electron chi connectivity index (χ3n) is 4.69. The Morgan fingerprint density at radius 1 is 1.25 bits per heavy atom. The van der Waals surface area contributed by atoms with Gasteiger partial charge in [0.25, 0.3) is 0 Å². The second kappa shape index (κ2) is 8.14. The van der Waals surface area contributed by atoms with E-state index in [-0.39, 0.29) is 31.1 Å². The molecule has 0 saturated carbocycles. The first kappa shape index (κ1) is 20.1. The lowest BCUT2D eigenvalue weighted by atomic mass is 10.1. The standard InChI is InChI=1S/C20H19ClF2N2O3/c1-24(11-12-7-13(21)3-4-18(12)28-2)19(26)17-5-6-25(20(17)27)16-9-14(22)8-15(23)10-16/h3-4,7-10,17H,5-6,11H2,1-2H3. The van der Waals surface area contributed by atoms with Crippen LogP contribution in [0.2, 0.25) is 5.02 Å². The van der Waals surface area contributed by atoms with E-state index in [4.69, 9.17) is 16.3 Å². The van der Waals surface area contributed by atoms with Gasteiger partial charge in [-0.1, -0.05) is 11.6 Å². The third kappa shape index (κ3) is 4.09. The summed E-state index contributed by atoms with van der Waals surface area (Å²) in [5.74, 6) is -2.71. The van der Waals surface area contributed by atoms with Gasteiger partial charge in [-0.15, -0.1) is 0 Å². The number of carbonyl (C=O) groups excluding carboxylic acids is 2. The predicted octanol–water partition coefficient (Wildman–Crippen LogP) is 3.64. The molecule has 0 N–H and O–H groups in total. The first-order valence-electron chi connectivity index (χ1n) is 8.65. The van der Waals surface area contributed by atoms with Crippen molar-refractivity contribution in [1.82, 2.24) is 4.90 Å². The smallest absolute Gasteiger partial charge is 0.239 e. The van der Waals surface area contributed by atoms with Crippen LogP contribution in [0.4, 0.5) is 14.5 Å². The second-order valence-corrected chi connectivity index (χ2v) is 7.05. The first-order chi connectivity index (χ1) is 13.3. The molecule has 2 aromatic carbocycles. The molecule has 28 heavy (non-hydrogen) atoms. The van der Waals surface area contributed by atoms with Crippen LogP contribution in [0.3, 0.4) is 0 Å². The summed E-state index contributed by atoms with van der Waals surface area (Å²) >= 11 is 6.02. The van der Waals surface area contributed by atoms with Gasteiger partial charge in [0, 0.05) is 42.5 Å². The number of halogens is 3. The Bertz CT molecular complexity index is 902. The molecule has 3 rings (SSSR count). The van der Waals surface area contributed by atoms with Crippen molar-refractivity contribution < 1.29 is 23.1 Å². The number of amides is 2. The fraction of sp³-hybridized carbons (Fsp3) is 0.300. The van der Waals surface area contributed by atoms with Crippen molar-refractivity contribution in [3.63, 3.8) is 0 Å². The molecule has 0 aromatic heterocycles. The second-order valence-electron chi connectivity index (χ2n) is 6.61. The fourth-order valence-corrected chi connectivity index (χ4v) is 3.53. The van der Waals surface area contributed by atoms with E-state index in [0.717, 1.165) is 18.2 Å². The first-order valence-corrected chi connectivity index (χ1v) is 9.03. The van der Waals surface area contributed by atoms with E-state index >= 15 is 0 Å². The van der Waals surface area contributed by atoms with E-state index in [1.807, 2.05) is 0 Å².